The zero-order valence-corrected chi connectivity index (χ0v) is 10.3. The summed E-state index contributed by atoms with van der Waals surface area (Å²) in [5.74, 6) is -0.180. The minimum absolute atomic E-state index is 0.180. The Hall–Kier alpha value is -0.570. The first-order chi connectivity index (χ1) is 7.10. The van der Waals surface area contributed by atoms with Crippen LogP contribution in [0.5, 0.6) is 0 Å². The van der Waals surface area contributed by atoms with Gasteiger partial charge in [-0.1, -0.05) is 39.0 Å². The molecule has 0 aromatic rings. The molecule has 3 heteroatoms. The third-order valence-corrected chi connectivity index (χ3v) is 2.96. The quantitative estimate of drug-likeness (QED) is 0.500. The van der Waals surface area contributed by atoms with Crippen LogP contribution in [0, 0.1) is 5.41 Å². The first-order valence-electron chi connectivity index (χ1n) is 5.89. The Morgan fingerprint density at radius 3 is 2.33 bits per heavy atom. The fourth-order valence-electron chi connectivity index (χ4n) is 1.65. The van der Waals surface area contributed by atoms with E-state index < -0.39 is 5.41 Å². The largest absolute Gasteiger partial charge is 0.469 e. The van der Waals surface area contributed by atoms with Crippen molar-refractivity contribution in [3.8, 4) is 0 Å². The molecule has 0 amide bonds. The van der Waals surface area contributed by atoms with E-state index in [0.29, 0.717) is 6.54 Å². The molecule has 0 aliphatic heterocycles. The molecule has 0 spiro atoms. The molecule has 1 atom stereocenters. The van der Waals surface area contributed by atoms with Gasteiger partial charge in [0.2, 0.25) is 0 Å². The minimum Gasteiger partial charge on any atom is -0.469 e. The van der Waals surface area contributed by atoms with Gasteiger partial charge in [-0.2, -0.15) is 0 Å². The van der Waals surface area contributed by atoms with E-state index in [4.69, 9.17) is 10.5 Å². The fourth-order valence-corrected chi connectivity index (χ4v) is 1.65. The van der Waals surface area contributed by atoms with E-state index in [0.717, 1.165) is 12.8 Å². The van der Waals surface area contributed by atoms with Gasteiger partial charge in [0.05, 0.1) is 12.5 Å². The highest BCUT2D eigenvalue weighted by atomic mass is 16.5. The van der Waals surface area contributed by atoms with Crippen LogP contribution in [-0.4, -0.2) is 19.6 Å². The number of hydrogen-bond donors (Lipinski definition) is 1. The van der Waals surface area contributed by atoms with Crippen molar-refractivity contribution in [2.24, 2.45) is 11.1 Å². The average Bonchev–Trinajstić information content (AvgIpc) is 2.27. The van der Waals surface area contributed by atoms with Gasteiger partial charge in [-0.15, -0.1) is 0 Å². The van der Waals surface area contributed by atoms with Crippen LogP contribution in [0.3, 0.4) is 0 Å². The summed E-state index contributed by atoms with van der Waals surface area (Å²) in [6.07, 6.45) is 6.84. The number of unbranched alkanes of at least 4 members (excludes halogenated alkanes) is 4. The number of rotatable bonds is 8. The van der Waals surface area contributed by atoms with Crippen molar-refractivity contribution in [1.82, 2.24) is 0 Å². The maximum Gasteiger partial charge on any atom is 0.312 e. The SMILES string of the molecule is CCCCCCCC(C)(CN)C(=O)OC. The number of carbonyl (C=O) groups excluding carboxylic acids is 1. The lowest BCUT2D eigenvalue weighted by Crippen LogP contribution is -2.36. The van der Waals surface area contributed by atoms with Crippen molar-refractivity contribution in [1.29, 1.82) is 0 Å². The van der Waals surface area contributed by atoms with Crippen LogP contribution in [0.15, 0.2) is 0 Å². The molecule has 0 radical (unpaired) electrons. The summed E-state index contributed by atoms with van der Waals surface area (Å²) in [5, 5.41) is 0. The molecule has 0 rings (SSSR count). The van der Waals surface area contributed by atoms with Gasteiger partial charge in [-0.25, -0.2) is 0 Å². The van der Waals surface area contributed by atoms with Crippen LogP contribution in [0.4, 0.5) is 0 Å². The first kappa shape index (κ1) is 14.4. The molecule has 2 N–H and O–H groups in total. The maximum absolute atomic E-state index is 11.5. The van der Waals surface area contributed by atoms with Crippen LogP contribution >= 0.6 is 0 Å². The predicted octanol–water partition coefficient (Wildman–Crippen LogP) is 2.48. The predicted molar refractivity (Wildman–Crippen MR) is 62.6 cm³/mol. The number of nitrogens with two attached hydrogens (primary N) is 1. The number of esters is 1. The highest BCUT2D eigenvalue weighted by Gasteiger charge is 2.31. The van der Waals surface area contributed by atoms with Gasteiger partial charge in [0.1, 0.15) is 0 Å². The van der Waals surface area contributed by atoms with Crippen molar-refractivity contribution in [2.45, 2.75) is 52.4 Å². The third-order valence-electron chi connectivity index (χ3n) is 2.96. The molecule has 1 unspecified atom stereocenters. The second-order valence-electron chi connectivity index (χ2n) is 4.42. The topological polar surface area (TPSA) is 52.3 Å². The van der Waals surface area contributed by atoms with E-state index in [2.05, 4.69) is 6.92 Å². The molecular weight excluding hydrogens is 190 g/mol. The second-order valence-corrected chi connectivity index (χ2v) is 4.42. The normalized spacial score (nSPS) is 14.7. The zero-order chi connectivity index (χ0) is 11.7. The van der Waals surface area contributed by atoms with Gasteiger partial charge in [-0.3, -0.25) is 4.79 Å². The fraction of sp³-hybridized carbons (Fsp3) is 0.917. The standard InChI is InChI=1S/C12H25NO2/c1-4-5-6-7-8-9-12(2,10-13)11(14)15-3/h4-10,13H2,1-3H3. The van der Waals surface area contributed by atoms with E-state index in [9.17, 15) is 4.79 Å². The Morgan fingerprint density at radius 2 is 1.87 bits per heavy atom. The summed E-state index contributed by atoms with van der Waals surface area (Å²) in [4.78, 5) is 11.5. The molecule has 0 aromatic heterocycles. The molecule has 0 aliphatic rings. The monoisotopic (exact) mass is 215 g/mol. The summed E-state index contributed by atoms with van der Waals surface area (Å²) < 4.78 is 4.77. The van der Waals surface area contributed by atoms with E-state index in [1.165, 1.54) is 32.8 Å². The van der Waals surface area contributed by atoms with Crippen LogP contribution in [0.2, 0.25) is 0 Å². The van der Waals surface area contributed by atoms with Crippen LogP contribution in [0.25, 0.3) is 0 Å². The summed E-state index contributed by atoms with van der Waals surface area (Å²) in [5.41, 5.74) is 5.14. The Kier molecular flexibility index (Phi) is 7.39. The second kappa shape index (κ2) is 7.69. The van der Waals surface area contributed by atoms with Crippen molar-refractivity contribution in [2.75, 3.05) is 13.7 Å². The van der Waals surface area contributed by atoms with Crippen molar-refractivity contribution < 1.29 is 9.53 Å². The molecule has 3 nitrogen and oxygen atoms in total. The van der Waals surface area contributed by atoms with Gasteiger partial charge < -0.3 is 10.5 Å². The zero-order valence-electron chi connectivity index (χ0n) is 10.3. The van der Waals surface area contributed by atoms with Gasteiger partial charge >= 0.3 is 5.97 Å². The van der Waals surface area contributed by atoms with Crippen LogP contribution < -0.4 is 5.73 Å². The van der Waals surface area contributed by atoms with E-state index in [-0.39, 0.29) is 5.97 Å². The van der Waals surface area contributed by atoms with E-state index in [1.54, 1.807) is 0 Å². The molecule has 0 aromatic carbocycles. The molecule has 0 saturated heterocycles. The maximum atomic E-state index is 11.5. The van der Waals surface area contributed by atoms with Gasteiger partial charge in [0.25, 0.3) is 0 Å². The highest BCUT2D eigenvalue weighted by Crippen LogP contribution is 2.25. The van der Waals surface area contributed by atoms with Crippen LogP contribution in [0.1, 0.15) is 52.4 Å². The first-order valence-corrected chi connectivity index (χ1v) is 5.89. The molecule has 15 heavy (non-hydrogen) atoms. The number of carbonyl (C=O) groups is 1. The Morgan fingerprint density at radius 1 is 1.27 bits per heavy atom. The Bertz CT molecular complexity index is 182. The minimum atomic E-state index is -0.485. The molecule has 0 aliphatic carbocycles. The van der Waals surface area contributed by atoms with Gasteiger partial charge in [0, 0.05) is 6.54 Å². The highest BCUT2D eigenvalue weighted by molar-refractivity contribution is 5.76. The van der Waals surface area contributed by atoms with Crippen molar-refractivity contribution in [3.05, 3.63) is 0 Å². The summed E-state index contributed by atoms with van der Waals surface area (Å²) in [6, 6.07) is 0. The van der Waals surface area contributed by atoms with Crippen molar-refractivity contribution >= 4 is 5.97 Å². The van der Waals surface area contributed by atoms with E-state index in [1.807, 2.05) is 6.92 Å². The average molecular weight is 215 g/mol. The number of methoxy groups -OCH3 is 1. The number of ether oxygens (including phenoxy) is 1. The Balaban J connectivity index is 3.83. The van der Waals surface area contributed by atoms with Crippen LogP contribution in [-0.2, 0) is 9.53 Å². The number of hydrogen-bond acceptors (Lipinski definition) is 3. The summed E-state index contributed by atoms with van der Waals surface area (Å²) in [7, 11) is 1.42. The smallest absolute Gasteiger partial charge is 0.312 e. The third kappa shape index (κ3) is 5.17. The van der Waals surface area contributed by atoms with Crippen molar-refractivity contribution in [3.63, 3.8) is 0 Å². The lowest BCUT2D eigenvalue weighted by molar-refractivity contribution is -0.151. The lowest BCUT2D eigenvalue weighted by atomic mass is 9.84. The lowest BCUT2D eigenvalue weighted by Gasteiger charge is -2.24. The van der Waals surface area contributed by atoms with E-state index >= 15 is 0 Å². The molecule has 0 saturated carbocycles. The van der Waals surface area contributed by atoms with Gasteiger partial charge in [0.15, 0.2) is 0 Å². The molecule has 90 valence electrons. The van der Waals surface area contributed by atoms with Gasteiger partial charge in [-0.05, 0) is 13.3 Å². The summed E-state index contributed by atoms with van der Waals surface area (Å²) in [6.45, 7) is 4.45. The molecule has 0 fully saturated rings. The molecule has 0 bridgehead atoms. The molecule has 0 heterocycles. The summed E-state index contributed by atoms with van der Waals surface area (Å²) >= 11 is 0. The Labute approximate surface area is 93.4 Å². The molecular formula is C12H25NO2.